The van der Waals surface area contributed by atoms with Crippen LogP contribution in [0, 0.1) is 11.3 Å². The Morgan fingerprint density at radius 3 is 2.15 bits per heavy atom. The lowest BCUT2D eigenvalue weighted by molar-refractivity contribution is -0.147. The minimum absolute atomic E-state index is 0.275. The molecule has 0 aromatic heterocycles. The molecule has 2 nitrogen and oxygen atoms in total. The third-order valence-electron chi connectivity index (χ3n) is 3.03. The van der Waals surface area contributed by atoms with Crippen LogP contribution in [0.3, 0.4) is 0 Å². The summed E-state index contributed by atoms with van der Waals surface area (Å²) in [4.78, 5) is 13.0. The molecule has 0 aliphatic carbocycles. The summed E-state index contributed by atoms with van der Waals surface area (Å²) >= 11 is 0. The Labute approximate surface area is 76.9 Å². The number of alkyl halides is 2. The number of rotatable bonds is 2. The third-order valence-corrected chi connectivity index (χ3v) is 3.03. The van der Waals surface area contributed by atoms with Crippen molar-refractivity contribution in [1.82, 2.24) is 4.90 Å². The largest absolute Gasteiger partial charge is 0.345 e. The second-order valence-electron chi connectivity index (χ2n) is 3.97. The van der Waals surface area contributed by atoms with Gasteiger partial charge in [-0.05, 0) is 12.3 Å². The molecule has 1 atom stereocenters. The summed E-state index contributed by atoms with van der Waals surface area (Å²) in [5.74, 6) is -0.706. The first-order valence-corrected chi connectivity index (χ1v) is 4.46. The molecule has 1 rings (SSSR count). The van der Waals surface area contributed by atoms with E-state index >= 15 is 0 Å². The molecule has 1 heterocycles. The van der Waals surface area contributed by atoms with Crippen LogP contribution < -0.4 is 0 Å². The number of halogens is 2. The van der Waals surface area contributed by atoms with E-state index in [-0.39, 0.29) is 12.3 Å². The van der Waals surface area contributed by atoms with Gasteiger partial charge in [-0.15, -0.1) is 0 Å². The van der Waals surface area contributed by atoms with Gasteiger partial charge in [0.2, 0.25) is 5.91 Å². The van der Waals surface area contributed by atoms with Crippen molar-refractivity contribution in [2.24, 2.45) is 11.3 Å². The average molecular weight is 191 g/mol. The van der Waals surface area contributed by atoms with Crippen LogP contribution in [0.5, 0.6) is 0 Å². The molecule has 1 amide bonds. The first kappa shape index (κ1) is 10.4. The van der Waals surface area contributed by atoms with E-state index in [1.165, 1.54) is 4.90 Å². The standard InChI is InChI=1S/C9H15F2NO/c1-6(2)9(7(10)11)4-5-12(3)8(9)13/h6-7H,4-5H2,1-3H3. The van der Waals surface area contributed by atoms with Gasteiger partial charge in [0, 0.05) is 13.6 Å². The number of nitrogens with zero attached hydrogens (tertiary/aromatic N) is 1. The van der Waals surface area contributed by atoms with Crippen molar-refractivity contribution in [2.45, 2.75) is 26.7 Å². The van der Waals surface area contributed by atoms with Crippen LogP contribution >= 0.6 is 0 Å². The van der Waals surface area contributed by atoms with Gasteiger partial charge in [0.05, 0.1) is 0 Å². The highest BCUT2D eigenvalue weighted by Gasteiger charge is 2.54. The highest BCUT2D eigenvalue weighted by atomic mass is 19.3. The molecule has 13 heavy (non-hydrogen) atoms. The molecule has 1 fully saturated rings. The molecule has 0 aromatic rings. The summed E-state index contributed by atoms with van der Waals surface area (Å²) in [5, 5.41) is 0. The number of carbonyl (C=O) groups excluding carboxylic acids is 1. The van der Waals surface area contributed by atoms with Gasteiger partial charge in [0.25, 0.3) is 6.43 Å². The average Bonchev–Trinajstić information content (AvgIpc) is 2.30. The highest BCUT2D eigenvalue weighted by molar-refractivity contribution is 5.85. The summed E-state index contributed by atoms with van der Waals surface area (Å²) in [6.45, 7) is 3.81. The molecular formula is C9H15F2NO. The Bertz CT molecular complexity index is 208. The van der Waals surface area contributed by atoms with Crippen molar-refractivity contribution in [3.8, 4) is 0 Å². The SMILES string of the molecule is CC(C)C1(C(F)F)CCN(C)C1=O. The van der Waals surface area contributed by atoms with Crippen LogP contribution in [-0.4, -0.2) is 30.8 Å². The zero-order chi connectivity index (χ0) is 10.2. The van der Waals surface area contributed by atoms with Crippen molar-refractivity contribution in [3.05, 3.63) is 0 Å². The summed E-state index contributed by atoms with van der Waals surface area (Å²) in [6, 6.07) is 0. The molecule has 1 aliphatic heterocycles. The number of amides is 1. The summed E-state index contributed by atoms with van der Waals surface area (Å²) in [7, 11) is 1.58. The summed E-state index contributed by atoms with van der Waals surface area (Å²) in [5.41, 5.74) is -1.42. The first-order valence-electron chi connectivity index (χ1n) is 4.46. The van der Waals surface area contributed by atoms with Crippen LogP contribution in [0.4, 0.5) is 8.78 Å². The van der Waals surface area contributed by atoms with Gasteiger partial charge in [0.15, 0.2) is 0 Å². The maximum atomic E-state index is 12.8. The molecule has 4 heteroatoms. The van der Waals surface area contributed by atoms with E-state index < -0.39 is 17.7 Å². The lowest BCUT2D eigenvalue weighted by Crippen LogP contribution is -2.42. The topological polar surface area (TPSA) is 20.3 Å². The maximum Gasteiger partial charge on any atom is 0.253 e. The fourth-order valence-electron chi connectivity index (χ4n) is 1.91. The van der Waals surface area contributed by atoms with Gasteiger partial charge in [-0.1, -0.05) is 13.8 Å². The molecule has 0 bridgehead atoms. The Morgan fingerprint density at radius 1 is 1.46 bits per heavy atom. The third kappa shape index (κ3) is 1.32. The molecule has 76 valence electrons. The Hall–Kier alpha value is -0.670. The number of hydrogen-bond donors (Lipinski definition) is 0. The monoisotopic (exact) mass is 191 g/mol. The molecular weight excluding hydrogens is 176 g/mol. The van der Waals surface area contributed by atoms with Gasteiger partial charge in [0.1, 0.15) is 5.41 Å². The number of likely N-dealkylation sites (tertiary alicyclic amines) is 1. The van der Waals surface area contributed by atoms with Crippen LogP contribution in [0.15, 0.2) is 0 Å². The molecule has 0 radical (unpaired) electrons. The van der Waals surface area contributed by atoms with Crippen molar-refractivity contribution in [1.29, 1.82) is 0 Å². The van der Waals surface area contributed by atoms with Gasteiger partial charge in [-0.3, -0.25) is 4.79 Å². The van der Waals surface area contributed by atoms with Gasteiger partial charge in [-0.25, -0.2) is 8.78 Å². The number of carbonyl (C=O) groups is 1. The second kappa shape index (κ2) is 3.24. The number of hydrogen-bond acceptors (Lipinski definition) is 1. The summed E-state index contributed by atoms with van der Waals surface area (Å²) < 4.78 is 25.6. The predicted octanol–water partition coefficient (Wildman–Crippen LogP) is 1.76. The van der Waals surface area contributed by atoms with E-state index in [1.54, 1.807) is 20.9 Å². The Balaban J connectivity index is 2.99. The van der Waals surface area contributed by atoms with Crippen LogP contribution in [0.25, 0.3) is 0 Å². The van der Waals surface area contributed by atoms with Crippen molar-refractivity contribution >= 4 is 5.91 Å². The molecule has 0 saturated carbocycles. The highest BCUT2D eigenvalue weighted by Crippen LogP contribution is 2.43. The minimum atomic E-state index is -2.55. The maximum absolute atomic E-state index is 12.8. The Kier molecular flexibility index (Phi) is 2.59. The smallest absolute Gasteiger partial charge is 0.253 e. The van der Waals surface area contributed by atoms with Gasteiger partial charge >= 0.3 is 0 Å². The van der Waals surface area contributed by atoms with Gasteiger partial charge in [-0.2, -0.15) is 0 Å². The fraction of sp³-hybridized carbons (Fsp3) is 0.889. The minimum Gasteiger partial charge on any atom is -0.345 e. The lowest BCUT2D eigenvalue weighted by atomic mass is 9.76. The zero-order valence-corrected chi connectivity index (χ0v) is 8.18. The van der Waals surface area contributed by atoms with Gasteiger partial charge < -0.3 is 4.90 Å². The van der Waals surface area contributed by atoms with E-state index in [0.717, 1.165) is 0 Å². The predicted molar refractivity (Wildman–Crippen MR) is 45.5 cm³/mol. The lowest BCUT2D eigenvalue weighted by Gasteiger charge is -2.30. The summed E-state index contributed by atoms with van der Waals surface area (Å²) in [6.07, 6.45) is -2.28. The molecule has 0 spiro atoms. The van der Waals surface area contributed by atoms with E-state index in [0.29, 0.717) is 6.54 Å². The Morgan fingerprint density at radius 2 is 2.00 bits per heavy atom. The van der Waals surface area contributed by atoms with Crippen molar-refractivity contribution in [2.75, 3.05) is 13.6 Å². The van der Waals surface area contributed by atoms with Crippen LogP contribution in [0.2, 0.25) is 0 Å². The molecule has 0 N–H and O–H groups in total. The van der Waals surface area contributed by atoms with E-state index in [2.05, 4.69) is 0 Å². The molecule has 0 aromatic carbocycles. The molecule has 1 aliphatic rings. The fourth-order valence-corrected chi connectivity index (χ4v) is 1.91. The molecule has 1 unspecified atom stereocenters. The normalized spacial score (nSPS) is 29.5. The zero-order valence-electron chi connectivity index (χ0n) is 8.18. The molecule has 1 saturated heterocycles. The van der Waals surface area contributed by atoms with E-state index in [1.807, 2.05) is 0 Å². The second-order valence-corrected chi connectivity index (χ2v) is 3.97. The van der Waals surface area contributed by atoms with E-state index in [9.17, 15) is 13.6 Å². The van der Waals surface area contributed by atoms with E-state index in [4.69, 9.17) is 0 Å². The van der Waals surface area contributed by atoms with Crippen molar-refractivity contribution < 1.29 is 13.6 Å². The van der Waals surface area contributed by atoms with Crippen LogP contribution in [0.1, 0.15) is 20.3 Å². The first-order chi connectivity index (χ1) is 5.93. The van der Waals surface area contributed by atoms with Crippen molar-refractivity contribution in [3.63, 3.8) is 0 Å². The van der Waals surface area contributed by atoms with Crippen LogP contribution in [-0.2, 0) is 4.79 Å². The quantitative estimate of drug-likeness (QED) is 0.651.